The third-order valence-corrected chi connectivity index (χ3v) is 3.05. The van der Waals surface area contributed by atoms with Crippen LogP contribution in [-0.2, 0) is 6.61 Å². The molecule has 6 nitrogen and oxygen atoms in total. The molecule has 0 fully saturated rings. The Hall–Kier alpha value is -1.11. The molecular weight excluding hydrogens is 290 g/mol. The van der Waals surface area contributed by atoms with Crippen LogP contribution < -0.4 is 0 Å². The average molecular weight is 302 g/mol. The Morgan fingerprint density at radius 1 is 1.41 bits per heavy atom. The van der Waals surface area contributed by atoms with Crippen LogP contribution in [0.5, 0.6) is 0 Å². The quantitative estimate of drug-likeness (QED) is 0.437. The Balaban J connectivity index is 2.88. The molecule has 0 aliphatic rings. The maximum atomic E-state index is 9.80. The van der Waals surface area contributed by atoms with Gasteiger partial charge in [-0.1, -0.05) is 27.1 Å². The summed E-state index contributed by atoms with van der Waals surface area (Å²) in [4.78, 5) is 2.51. The summed E-state index contributed by atoms with van der Waals surface area (Å²) >= 11 is 3.25. The van der Waals surface area contributed by atoms with Gasteiger partial charge in [0.05, 0.1) is 19.3 Å². The molecule has 0 aliphatic carbocycles. The highest BCUT2D eigenvalue weighted by Crippen LogP contribution is 2.24. The molecule has 1 aromatic rings. The first kappa shape index (κ1) is 14.0. The zero-order valence-electron chi connectivity index (χ0n) is 8.86. The average Bonchev–Trinajstić information content (AvgIpc) is 2.35. The van der Waals surface area contributed by atoms with Crippen molar-refractivity contribution < 1.29 is 15.3 Å². The second-order valence-electron chi connectivity index (χ2n) is 3.43. The molecule has 0 radical (unpaired) electrons. The van der Waals surface area contributed by atoms with E-state index < -0.39 is 12.2 Å². The summed E-state index contributed by atoms with van der Waals surface area (Å²) in [7, 11) is 0. The van der Waals surface area contributed by atoms with Gasteiger partial charge in [-0.3, -0.25) is 0 Å². The van der Waals surface area contributed by atoms with Crippen molar-refractivity contribution in [1.29, 1.82) is 0 Å². The number of rotatable bonds is 5. The normalized spacial score (nSPS) is 13.9. The van der Waals surface area contributed by atoms with Crippen molar-refractivity contribution in [2.45, 2.75) is 18.8 Å². The minimum absolute atomic E-state index is 0.173. The van der Waals surface area contributed by atoms with Gasteiger partial charge in [0.25, 0.3) is 0 Å². The molecule has 2 unspecified atom stereocenters. The van der Waals surface area contributed by atoms with Crippen molar-refractivity contribution in [2.24, 2.45) is 5.11 Å². The van der Waals surface area contributed by atoms with E-state index in [1.165, 1.54) is 0 Å². The van der Waals surface area contributed by atoms with E-state index in [0.29, 0.717) is 11.1 Å². The summed E-state index contributed by atoms with van der Waals surface area (Å²) in [6, 6.07) is 4.87. The predicted octanol–water partition coefficient (Wildman–Crippen LogP) is 1.65. The van der Waals surface area contributed by atoms with Crippen LogP contribution in [0.15, 0.2) is 27.8 Å². The molecule has 17 heavy (non-hydrogen) atoms. The van der Waals surface area contributed by atoms with E-state index in [4.69, 9.17) is 10.6 Å². The van der Waals surface area contributed by atoms with Crippen molar-refractivity contribution in [3.63, 3.8) is 0 Å². The van der Waals surface area contributed by atoms with E-state index in [1.807, 2.05) is 0 Å². The van der Waals surface area contributed by atoms with Crippen molar-refractivity contribution >= 4 is 15.9 Å². The summed E-state index contributed by atoms with van der Waals surface area (Å²) in [5.41, 5.74) is 9.18. The first-order chi connectivity index (χ1) is 8.10. The van der Waals surface area contributed by atoms with Crippen molar-refractivity contribution in [3.05, 3.63) is 44.2 Å². The van der Waals surface area contributed by atoms with E-state index in [1.54, 1.807) is 18.2 Å². The number of halogens is 1. The van der Waals surface area contributed by atoms with Crippen molar-refractivity contribution in [1.82, 2.24) is 0 Å². The Morgan fingerprint density at radius 3 is 2.71 bits per heavy atom. The molecule has 0 aliphatic heterocycles. The zero-order chi connectivity index (χ0) is 12.8. The highest BCUT2D eigenvalue weighted by atomic mass is 79.9. The molecule has 2 atom stereocenters. The molecule has 0 bridgehead atoms. The largest absolute Gasteiger partial charge is 0.392 e. The first-order valence-corrected chi connectivity index (χ1v) is 5.65. The molecule has 1 rings (SSSR count). The SMILES string of the molecule is [N-]=[N+]=NCC(O)C(O)c1ccc(Br)c(CO)c1. The Labute approximate surface area is 106 Å². The van der Waals surface area contributed by atoms with Crippen molar-refractivity contribution in [3.8, 4) is 0 Å². The number of aliphatic hydroxyl groups excluding tert-OH is 3. The minimum atomic E-state index is -1.17. The van der Waals surface area contributed by atoms with Gasteiger partial charge in [-0.05, 0) is 28.8 Å². The van der Waals surface area contributed by atoms with Gasteiger partial charge >= 0.3 is 0 Å². The third kappa shape index (κ3) is 3.69. The summed E-state index contributed by atoms with van der Waals surface area (Å²) in [6.07, 6.45) is -2.32. The lowest BCUT2D eigenvalue weighted by atomic mass is 10.0. The highest BCUT2D eigenvalue weighted by Gasteiger charge is 2.18. The van der Waals surface area contributed by atoms with E-state index in [9.17, 15) is 10.2 Å². The van der Waals surface area contributed by atoms with Crippen LogP contribution in [0, 0.1) is 0 Å². The third-order valence-electron chi connectivity index (χ3n) is 2.28. The standard InChI is InChI=1S/C10H12BrN3O3/c11-8-2-1-6(3-7(8)5-15)10(17)9(16)4-13-14-12/h1-3,9-10,15-17H,4-5H2. The lowest BCUT2D eigenvalue weighted by Crippen LogP contribution is -2.21. The van der Waals surface area contributed by atoms with Gasteiger partial charge < -0.3 is 15.3 Å². The smallest absolute Gasteiger partial charge is 0.105 e. The molecule has 0 saturated carbocycles. The molecule has 7 heteroatoms. The van der Waals surface area contributed by atoms with Gasteiger partial charge in [-0.2, -0.15) is 0 Å². The summed E-state index contributed by atoms with van der Waals surface area (Å²) in [5, 5.41) is 31.6. The highest BCUT2D eigenvalue weighted by molar-refractivity contribution is 9.10. The fourth-order valence-corrected chi connectivity index (χ4v) is 1.71. The number of hydrogen-bond donors (Lipinski definition) is 3. The van der Waals surface area contributed by atoms with E-state index in [0.717, 1.165) is 4.47 Å². The fraction of sp³-hybridized carbons (Fsp3) is 0.400. The Kier molecular flexibility index (Phi) is 5.40. The van der Waals surface area contributed by atoms with Gasteiger partial charge in [0, 0.05) is 9.38 Å². The monoisotopic (exact) mass is 301 g/mol. The number of hydrogen-bond acceptors (Lipinski definition) is 4. The molecule has 0 amide bonds. The first-order valence-electron chi connectivity index (χ1n) is 4.86. The Bertz CT molecular complexity index is 435. The van der Waals surface area contributed by atoms with Gasteiger partial charge in [0.2, 0.25) is 0 Å². The molecule has 0 aromatic heterocycles. The van der Waals surface area contributed by atoms with E-state index in [2.05, 4.69) is 26.0 Å². The van der Waals surface area contributed by atoms with Crippen molar-refractivity contribution in [2.75, 3.05) is 6.54 Å². The molecule has 1 aromatic carbocycles. The molecule has 0 heterocycles. The lowest BCUT2D eigenvalue weighted by molar-refractivity contribution is 0.0243. The number of azide groups is 1. The maximum absolute atomic E-state index is 9.80. The van der Waals surface area contributed by atoms with E-state index in [-0.39, 0.29) is 13.2 Å². The van der Waals surface area contributed by atoms with Gasteiger partial charge in [-0.15, -0.1) is 0 Å². The number of nitrogens with zero attached hydrogens (tertiary/aromatic N) is 3. The molecule has 0 saturated heterocycles. The van der Waals surface area contributed by atoms with Gasteiger partial charge in [-0.25, -0.2) is 0 Å². The van der Waals surface area contributed by atoms with Crippen LogP contribution in [-0.4, -0.2) is 28.0 Å². The maximum Gasteiger partial charge on any atom is 0.105 e. The minimum Gasteiger partial charge on any atom is -0.392 e. The van der Waals surface area contributed by atoms with Crippen LogP contribution in [0.3, 0.4) is 0 Å². The molecular formula is C10H12BrN3O3. The van der Waals surface area contributed by atoms with Gasteiger partial charge in [0.1, 0.15) is 6.10 Å². The van der Waals surface area contributed by atoms with Crippen LogP contribution in [0.25, 0.3) is 10.4 Å². The van der Waals surface area contributed by atoms with Crippen LogP contribution in [0.4, 0.5) is 0 Å². The summed E-state index contributed by atoms with van der Waals surface area (Å²) in [5.74, 6) is 0. The molecule has 3 N–H and O–H groups in total. The van der Waals surface area contributed by atoms with E-state index >= 15 is 0 Å². The number of benzene rings is 1. The van der Waals surface area contributed by atoms with Crippen LogP contribution in [0.1, 0.15) is 17.2 Å². The fourth-order valence-electron chi connectivity index (χ4n) is 1.34. The summed E-state index contributed by atoms with van der Waals surface area (Å²) < 4.78 is 0.723. The lowest BCUT2D eigenvalue weighted by Gasteiger charge is -2.17. The second-order valence-corrected chi connectivity index (χ2v) is 4.29. The number of aliphatic hydroxyl groups is 3. The Morgan fingerprint density at radius 2 is 2.12 bits per heavy atom. The van der Waals surface area contributed by atoms with Gasteiger partial charge in [0.15, 0.2) is 0 Å². The zero-order valence-corrected chi connectivity index (χ0v) is 10.4. The molecule has 0 spiro atoms. The van der Waals surface area contributed by atoms with Crippen LogP contribution in [0.2, 0.25) is 0 Å². The summed E-state index contributed by atoms with van der Waals surface area (Å²) in [6.45, 7) is -0.379. The van der Waals surface area contributed by atoms with Crippen LogP contribution >= 0.6 is 15.9 Å². The predicted molar refractivity (Wildman–Crippen MR) is 65.0 cm³/mol. The second kappa shape index (κ2) is 6.58. The topological polar surface area (TPSA) is 109 Å². The molecule has 92 valence electrons.